The van der Waals surface area contributed by atoms with Crippen molar-refractivity contribution in [2.45, 2.75) is 18.9 Å². The lowest BCUT2D eigenvalue weighted by Crippen LogP contribution is -2.40. The lowest BCUT2D eigenvalue weighted by Gasteiger charge is -2.39. The highest BCUT2D eigenvalue weighted by atomic mass is 19.2. The van der Waals surface area contributed by atoms with E-state index in [1.165, 1.54) is 12.1 Å². The Kier molecular flexibility index (Phi) is 4.23. The van der Waals surface area contributed by atoms with Gasteiger partial charge in [0, 0.05) is 18.3 Å². The van der Waals surface area contributed by atoms with Gasteiger partial charge in [-0.05, 0) is 31.0 Å². The number of aromatic nitrogens is 1. The summed E-state index contributed by atoms with van der Waals surface area (Å²) >= 11 is 0. The van der Waals surface area contributed by atoms with E-state index in [4.69, 9.17) is 0 Å². The van der Waals surface area contributed by atoms with Crippen LogP contribution in [0.4, 0.5) is 14.6 Å². The van der Waals surface area contributed by atoms with Crippen molar-refractivity contribution in [1.82, 2.24) is 4.98 Å². The van der Waals surface area contributed by atoms with E-state index < -0.39 is 29.6 Å². The molecule has 4 nitrogen and oxygen atoms in total. The number of hydrogen-bond acceptors (Lipinski definition) is 3. The van der Waals surface area contributed by atoms with Gasteiger partial charge in [-0.2, -0.15) is 0 Å². The van der Waals surface area contributed by atoms with E-state index in [0.717, 1.165) is 6.07 Å². The molecule has 1 saturated heterocycles. The zero-order valence-electron chi connectivity index (χ0n) is 12.3. The van der Waals surface area contributed by atoms with Gasteiger partial charge in [0.1, 0.15) is 5.82 Å². The smallest absolute Gasteiger partial charge is 0.306 e. The van der Waals surface area contributed by atoms with Crippen LogP contribution in [0.1, 0.15) is 24.4 Å². The summed E-state index contributed by atoms with van der Waals surface area (Å²) in [6.07, 6.45) is 2.28. The minimum absolute atomic E-state index is 0.168. The molecule has 0 bridgehead atoms. The molecule has 2 atom stereocenters. The lowest BCUT2D eigenvalue weighted by molar-refractivity contribution is -0.142. The van der Waals surface area contributed by atoms with Crippen LogP contribution in [0.25, 0.3) is 0 Å². The zero-order valence-corrected chi connectivity index (χ0v) is 12.3. The number of halogens is 2. The van der Waals surface area contributed by atoms with E-state index in [1.807, 2.05) is 11.0 Å². The monoisotopic (exact) mass is 318 g/mol. The van der Waals surface area contributed by atoms with Crippen LogP contribution in [-0.4, -0.2) is 22.6 Å². The summed E-state index contributed by atoms with van der Waals surface area (Å²) < 4.78 is 27.8. The Morgan fingerprint density at radius 1 is 1.22 bits per heavy atom. The Labute approximate surface area is 132 Å². The first kappa shape index (κ1) is 15.4. The lowest BCUT2D eigenvalue weighted by atomic mass is 9.87. The van der Waals surface area contributed by atoms with Crippen molar-refractivity contribution in [3.63, 3.8) is 0 Å². The van der Waals surface area contributed by atoms with Crippen LogP contribution in [0.3, 0.4) is 0 Å². The Morgan fingerprint density at radius 3 is 2.74 bits per heavy atom. The molecule has 0 saturated carbocycles. The maximum absolute atomic E-state index is 14.2. The number of anilines is 1. The second kappa shape index (κ2) is 6.32. The maximum atomic E-state index is 14.2. The molecule has 0 amide bonds. The molecule has 1 fully saturated rings. The van der Waals surface area contributed by atoms with Crippen molar-refractivity contribution >= 4 is 11.8 Å². The van der Waals surface area contributed by atoms with Crippen LogP contribution in [-0.2, 0) is 4.79 Å². The number of aliphatic carboxylic acids is 1. The molecule has 23 heavy (non-hydrogen) atoms. The number of piperidine rings is 1. The quantitative estimate of drug-likeness (QED) is 0.942. The molecule has 0 radical (unpaired) electrons. The normalized spacial score (nSPS) is 21.2. The SMILES string of the molecule is O=C(O)C1CCN(c2ccccn2)C(c2cccc(F)c2F)C1. The molecular weight excluding hydrogens is 302 g/mol. The number of carboxylic acids is 1. The molecule has 1 aliphatic rings. The van der Waals surface area contributed by atoms with E-state index in [2.05, 4.69) is 4.98 Å². The van der Waals surface area contributed by atoms with Crippen LogP contribution in [0.5, 0.6) is 0 Å². The summed E-state index contributed by atoms with van der Waals surface area (Å²) in [7, 11) is 0. The molecule has 1 aliphatic heterocycles. The van der Waals surface area contributed by atoms with Crippen LogP contribution >= 0.6 is 0 Å². The van der Waals surface area contributed by atoms with Gasteiger partial charge in [-0.3, -0.25) is 4.79 Å². The van der Waals surface area contributed by atoms with Gasteiger partial charge in [0.15, 0.2) is 11.6 Å². The Hall–Kier alpha value is -2.50. The summed E-state index contributed by atoms with van der Waals surface area (Å²) in [5, 5.41) is 9.28. The number of pyridine rings is 1. The summed E-state index contributed by atoms with van der Waals surface area (Å²) in [6, 6.07) is 8.80. The highest BCUT2D eigenvalue weighted by Gasteiger charge is 2.35. The summed E-state index contributed by atoms with van der Waals surface area (Å²) in [5.41, 5.74) is 0.168. The summed E-state index contributed by atoms with van der Waals surface area (Å²) in [5.74, 6) is -2.72. The molecule has 1 aromatic heterocycles. The van der Waals surface area contributed by atoms with Gasteiger partial charge >= 0.3 is 5.97 Å². The summed E-state index contributed by atoms with van der Waals surface area (Å²) in [4.78, 5) is 17.4. The molecule has 1 aromatic carbocycles. The molecule has 0 spiro atoms. The van der Waals surface area contributed by atoms with Crippen molar-refractivity contribution in [2.24, 2.45) is 5.92 Å². The third-order valence-corrected chi connectivity index (χ3v) is 4.24. The topological polar surface area (TPSA) is 53.4 Å². The molecular formula is C17H16F2N2O2. The van der Waals surface area contributed by atoms with Crippen molar-refractivity contribution in [3.05, 3.63) is 59.8 Å². The number of rotatable bonds is 3. The third kappa shape index (κ3) is 3.02. The van der Waals surface area contributed by atoms with Gasteiger partial charge in [-0.15, -0.1) is 0 Å². The van der Waals surface area contributed by atoms with Gasteiger partial charge in [0.05, 0.1) is 12.0 Å². The van der Waals surface area contributed by atoms with Crippen LogP contribution in [0, 0.1) is 17.6 Å². The molecule has 6 heteroatoms. The molecule has 120 valence electrons. The Bertz CT molecular complexity index is 709. The third-order valence-electron chi connectivity index (χ3n) is 4.24. The Morgan fingerprint density at radius 2 is 2.04 bits per heavy atom. The van der Waals surface area contributed by atoms with E-state index in [-0.39, 0.29) is 12.0 Å². The fraction of sp³-hybridized carbons (Fsp3) is 0.294. The molecule has 3 rings (SSSR count). The van der Waals surface area contributed by atoms with Gasteiger partial charge in [0.25, 0.3) is 0 Å². The number of hydrogen-bond donors (Lipinski definition) is 1. The minimum Gasteiger partial charge on any atom is -0.481 e. The average Bonchev–Trinajstić information content (AvgIpc) is 2.57. The van der Waals surface area contributed by atoms with Crippen LogP contribution in [0.2, 0.25) is 0 Å². The molecule has 1 N–H and O–H groups in total. The predicted molar refractivity (Wildman–Crippen MR) is 81.0 cm³/mol. The predicted octanol–water partition coefficient (Wildman–Crippen LogP) is 3.40. The van der Waals surface area contributed by atoms with E-state index in [9.17, 15) is 18.7 Å². The molecule has 2 heterocycles. The second-order valence-electron chi connectivity index (χ2n) is 5.60. The van der Waals surface area contributed by atoms with E-state index in [1.54, 1.807) is 18.3 Å². The number of carbonyl (C=O) groups is 1. The highest BCUT2D eigenvalue weighted by molar-refractivity contribution is 5.70. The van der Waals surface area contributed by atoms with Gasteiger partial charge in [-0.25, -0.2) is 13.8 Å². The fourth-order valence-corrected chi connectivity index (χ4v) is 3.06. The second-order valence-corrected chi connectivity index (χ2v) is 5.60. The van der Waals surface area contributed by atoms with Gasteiger partial charge in [-0.1, -0.05) is 18.2 Å². The van der Waals surface area contributed by atoms with Crippen molar-refractivity contribution in [1.29, 1.82) is 0 Å². The minimum atomic E-state index is -0.930. The van der Waals surface area contributed by atoms with Crippen molar-refractivity contribution in [3.8, 4) is 0 Å². The first-order valence-corrected chi connectivity index (χ1v) is 7.42. The summed E-state index contributed by atoms with van der Waals surface area (Å²) in [6.45, 7) is 0.425. The first-order chi connectivity index (χ1) is 11.1. The number of carboxylic acid groups (broad SMARTS) is 1. The molecule has 2 unspecified atom stereocenters. The number of nitrogens with zero attached hydrogens (tertiary/aromatic N) is 2. The Balaban J connectivity index is 2.01. The maximum Gasteiger partial charge on any atom is 0.306 e. The molecule has 2 aromatic rings. The average molecular weight is 318 g/mol. The van der Waals surface area contributed by atoms with Gasteiger partial charge < -0.3 is 10.0 Å². The highest BCUT2D eigenvalue weighted by Crippen LogP contribution is 2.38. The fourth-order valence-electron chi connectivity index (χ4n) is 3.06. The standard InChI is InChI=1S/C17H16F2N2O2/c18-13-5-3-4-12(16(13)19)14-10-11(17(22)23)7-9-21(14)15-6-1-2-8-20-15/h1-6,8,11,14H,7,9-10H2,(H,22,23). The van der Waals surface area contributed by atoms with Crippen LogP contribution < -0.4 is 4.90 Å². The number of benzene rings is 1. The molecule has 0 aliphatic carbocycles. The van der Waals surface area contributed by atoms with Crippen LogP contribution in [0.15, 0.2) is 42.6 Å². The zero-order chi connectivity index (χ0) is 16.4. The van der Waals surface area contributed by atoms with Gasteiger partial charge in [0.2, 0.25) is 0 Å². The van der Waals surface area contributed by atoms with E-state index >= 15 is 0 Å². The van der Waals surface area contributed by atoms with Crippen molar-refractivity contribution < 1.29 is 18.7 Å². The van der Waals surface area contributed by atoms with E-state index in [0.29, 0.717) is 18.8 Å². The first-order valence-electron chi connectivity index (χ1n) is 7.42. The largest absolute Gasteiger partial charge is 0.481 e. The van der Waals surface area contributed by atoms with Crippen molar-refractivity contribution in [2.75, 3.05) is 11.4 Å².